The fourth-order valence-electron chi connectivity index (χ4n) is 3.36. The number of rotatable bonds is 25. The van der Waals surface area contributed by atoms with E-state index in [9.17, 15) is 23.9 Å². The van der Waals surface area contributed by atoms with Gasteiger partial charge in [-0.15, -0.1) is 0 Å². The third-order valence-corrected chi connectivity index (χ3v) is 5.73. The molecule has 0 aliphatic carbocycles. The number of carbonyl (C=O) groups excluding carboxylic acids is 2. The van der Waals surface area contributed by atoms with Crippen molar-refractivity contribution in [1.82, 2.24) is 5.32 Å². The topological polar surface area (TPSA) is 146 Å². The van der Waals surface area contributed by atoms with Crippen LogP contribution in [0.5, 0.6) is 0 Å². The average molecular weight is 570 g/mol. The number of ether oxygens (including phenoxy) is 3. The van der Waals surface area contributed by atoms with Crippen LogP contribution in [0.2, 0.25) is 0 Å². The summed E-state index contributed by atoms with van der Waals surface area (Å²) in [5, 5.41) is 2.76. The van der Waals surface area contributed by atoms with Crippen LogP contribution in [0.25, 0.3) is 0 Å². The molecule has 0 radical (unpaired) electrons. The van der Waals surface area contributed by atoms with Crippen LogP contribution in [-0.4, -0.2) is 51.1 Å². The zero-order valence-electron chi connectivity index (χ0n) is 23.6. The standard InChI is InChI=1S/C24H48NO9P.2Na/c1-3-4-5-6-7-8-10-13-16-24(27)34-23(20-33-35(28,29)30)19-32-21-31-18-15-12-9-11-14-17-25-22(2)26;;/h23H,3-21H2,1-2H3,(H,25,26)(H2,28,29,30);;/q;2*+1/p-2/t23-;;/m1../s1. The van der Waals surface area contributed by atoms with E-state index in [2.05, 4.69) is 16.8 Å². The van der Waals surface area contributed by atoms with Crippen molar-refractivity contribution >= 4 is 19.7 Å². The van der Waals surface area contributed by atoms with Crippen molar-refractivity contribution < 1.29 is 102 Å². The Balaban J connectivity index is -0.00000578. The van der Waals surface area contributed by atoms with Gasteiger partial charge in [-0.2, -0.15) is 0 Å². The molecule has 0 saturated heterocycles. The van der Waals surface area contributed by atoms with Gasteiger partial charge in [0, 0.05) is 26.5 Å². The van der Waals surface area contributed by atoms with Crippen molar-refractivity contribution in [2.24, 2.45) is 0 Å². The van der Waals surface area contributed by atoms with Gasteiger partial charge in [0.25, 0.3) is 0 Å². The SMILES string of the molecule is CCCCCCCCCCC(=O)O[C@H](COCOCCCCCCCNC(C)=O)COP(=O)([O-])[O-].[Na+].[Na+]. The van der Waals surface area contributed by atoms with E-state index < -0.39 is 26.5 Å². The monoisotopic (exact) mass is 569 g/mol. The molecule has 0 aromatic heterocycles. The summed E-state index contributed by atoms with van der Waals surface area (Å²) in [6, 6.07) is 0. The molecule has 37 heavy (non-hydrogen) atoms. The molecule has 10 nitrogen and oxygen atoms in total. The molecule has 0 rings (SSSR count). The summed E-state index contributed by atoms with van der Waals surface area (Å²) in [6.45, 7) is 4.13. The second-order valence-electron chi connectivity index (χ2n) is 8.73. The minimum atomic E-state index is -5.18. The Labute approximate surface area is 267 Å². The summed E-state index contributed by atoms with van der Waals surface area (Å²) in [5.41, 5.74) is 0. The zero-order chi connectivity index (χ0) is 26.2. The van der Waals surface area contributed by atoms with Crippen molar-refractivity contribution in [3.05, 3.63) is 0 Å². The van der Waals surface area contributed by atoms with E-state index in [-0.39, 0.29) is 84.8 Å². The summed E-state index contributed by atoms with van der Waals surface area (Å²) in [4.78, 5) is 44.4. The Hall–Kier alpha value is 0.970. The number of hydrogen-bond donors (Lipinski definition) is 1. The molecule has 13 heteroatoms. The molecule has 0 bridgehead atoms. The van der Waals surface area contributed by atoms with Gasteiger partial charge >= 0.3 is 65.1 Å². The van der Waals surface area contributed by atoms with Gasteiger partial charge in [-0.25, -0.2) is 0 Å². The first kappa shape index (κ1) is 42.4. The van der Waals surface area contributed by atoms with Crippen molar-refractivity contribution in [3.8, 4) is 0 Å². The number of hydrogen-bond acceptors (Lipinski definition) is 9. The van der Waals surface area contributed by atoms with E-state index in [1.165, 1.54) is 32.6 Å². The molecular formula is C24H46NNa2O9P. The molecule has 0 saturated carbocycles. The van der Waals surface area contributed by atoms with Crippen LogP contribution < -0.4 is 74.2 Å². The maximum Gasteiger partial charge on any atom is 1.00 e. The number of phosphoric acid groups is 1. The molecule has 0 aromatic rings. The molecule has 1 N–H and O–H groups in total. The first-order chi connectivity index (χ1) is 16.7. The third kappa shape index (κ3) is 34.9. The van der Waals surface area contributed by atoms with Gasteiger partial charge in [0.2, 0.25) is 5.91 Å². The third-order valence-electron chi connectivity index (χ3n) is 5.26. The molecule has 0 aromatic carbocycles. The normalized spacial score (nSPS) is 11.8. The summed E-state index contributed by atoms with van der Waals surface area (Å²) >= 11 is 0. The minimum absolute atomic E-state index is 0. The first-order valence-electron chi connectivity index (χ1n) is 13.0. The van der Waals surface area contributed by atoms with Crippen molar-refractivity contribution in [2.75, 3.05) is 33.2 Å². The average Bonchev–Trinajstić information content (AvgIpc) is 2.79. The van der Waals surface area contributed by atoms with Crippen LogP contribution >= 0.6 is 7.82 Å². The zero-order valence-corrected chi connectivity index (χ0v) is 28.5. The molecule has 0 aliphatic heterocycles. The fraction of sp³-hybridized carbons (Fsp3) is 0.917. The number of nitrogens with one attached hydrogen (secondary N) is 1. The Morgan fingerprint density at radius 1 is 0.811 bits per heavy atom. The number of phosphoric ester groups is 1. The number of amides is 1. The smallest absolute Gasteiger partial charge is 0.790 e. The summed E-state index contributed by atoms with van der Waals surface area (Å²) < 4.78 is 31.0. The van der Waals surface area contributed by atoms with Crippen LogP contribution in [-0.2, 0) is 32.9 Å². The summed E-state index contributed by atoms with van der Waals surface area (Å²) in [5.74, 6) is -0.486. The summed E-state index contributed by atoms with van der Waals surface area (Å²) in [6.07, 6.45) is 12.9. The molecular weight excluding hydrogens is 523 g/mol. The Morgan fingerprint density at radius 2 is 1.38 bits per heavy atom. The van der Waals surface area contributed by atoms with E-state index in [0.29, 0.717) is 19.6 Å². The first-order valence-corrected chi connectivity index (χ1v) is 14.5. The maximum atomic E-state index is 12.1. The van der Waals surface area contributed by atoms with Gasteiger partial charge in [0.05, 0.1) is 21.0 Å². The van der Waals surface area contributed by atoms with Crippen LogP contribution in [0.4, 0.5) is 0 Å². The predicted octanol–water partition coefficient (Wildman–Crippen LogP) is -2.64. The van der Waals surface area contributed by atoms with Gasteiger partial charge < -0.3 is 38.4 Å². The molecule has 0 spiro atoms. The summed E-state index contributed by atoms with van der Waals surface area (Å²) in [7, 11) is -5.18. The van der Waals surface area contributed by atoms with E-state index in [0.717, 1.165) is 51.4 Å². The Morgan fingerprint density at radius 3 is 1.97 bits per heavy atom. The minimum Gasteiger partial charge on any atom is -0.790 e. The van der Waals surface area contributed by atoms with Gasteiger partial charge in [-0.3, -0.25) is 9.59 Å². The van der Waals surface area contributed by atoms with Crippen LogP contribution in [0.3, 0.4) is 0 Å². The van der Waals surface area contributed by atoms with Crippen LogP contribution in [0.1, 0.15) is 104 Å². The Bertz CT molecular complexity index is 582. The molecule has 0 unspecified atom stereocenters. The van der Waals surface area contributed by atoms with Crippen molar-refractivity contribution in [1.29, 1.82) is 0 Å². The fourth-order valence-corrected chi connectivity index (χ4v) is 3.71. The largest absolute Gasteiger partial charge is 1.00 e. The number of carbonyl (C=O) groups is 2. The number of unbranched alkanes of at least 4 members (excludes halogenated alkanes) is 11. The van der Waals surface area contributed by atoms with Crippen LogP contribution in [0.15, 0.2) is 0 Å². The van der Waals surface area contributed by atoms with Crippen molar-refractivity contribution in [3.63, 3.8) is 0 Å². The van der Waals surface area contributed by atoms with E-state index in [1.54, 1.807) is 0 Å². The van der Waals surface area contributed by atoms with Gasteiger partial charge in [-0.05, 0) is 19.3 Å². The van der Waals surface area contributed by atoms with Gasteiger partial charge in [0.15, 0.2) is 0 Å². The molecule has 1 atom stereocenters. The quantitative estimate of drug-likeness (QED) is 0.0410. The second kappa shape index (κ2) is 29.9. The van der Waals surface area contributed by atoms with E-state index in [1.807, 2.05) is 0 Å². The van der Waals surface area contributed by atoms with Gasteiger partial charge in [-0.1, -0.05) is 71.1 Å². The van der Waals surface area contributed by atoms with E-state index in [4.69, 9.17) is 14.2 Å². The van der Waals surface area contributed by atoms with Crippen molar-refractivity contribution in [2.45, 2.75) is 110 Å². The van der Waals surface area contributed by atoms with Crippen LogP contribution in [0, 0.1) is 0 Å². The molecule has 0 aliphatic rings. The molecule has 208 valence electrons. The van der Waals surface area contributed by atoms with Gasteiger partial charge in [0.1, 0.15) is 12.9 Å². The maximum absolute atomic E-state index is 12.1. The molecule has 0 fully saturated rings. The Kier molecular flexibility index (Phi) is 34.3. The molecule has 0 heterocycles. The molecule has 1 amide bonds. The predicted molar refractivity (Wildman–Crippen MR) is 129 cm³/mol. The van der Waals surface area contributed by atoms with E-state index >= 15 is 0 Å². The second-order valence-corrected chi connectivity index (χ2v) is 9.88. The number of esters is 1.